The molecule has 0 aliphatic heterocycles. The normalized spacial score (nSPS) is 10.6. The van der Waals surface area contributed by atoms with Gasteiger partial charge >= 0.3 is 5.97 Å². The minimum absolute atomic E-state index is 0.239. The molecule has 0 aliphatic rings. The number of ether oxygens (including phenoxy) is 1. The molecule has 0 fully saturated rings. The summed E-state index contributed by atoms with van der Waals surface area (Å²) in [7, 11) is 0. The maximum Gasteiger partial charge on any atom is 0.358 e. The molecule has 2 rings (SSSR count). The lowest BCUT2D eigenvalue weighted by Gasteiger charge is -1.97. The van der Waals surface area contributed by atoms with Crippen LogP contribution >= 0.6 is 11.6 Å². The average molecular weight is 240 g/mol. The molecule has 2 N–H and O–H groups in total. The number of nitrogens with two attached hydrogens (primary N) is 1. The number of nitrogen functional groups attached to an aromatic ring is 1. The van der Waals surface area contributed by atoms with Gasteiger partial charge in [-0.25, -0.2) is 9.78 Å². The molecule has 0 atom stereocenters. The third kappa shape index (κ3) is 1.81. The van der Waals surface area contributed by atoms with Crippen molar-refractivity contribution in [3.63, 3.8) is 0 Å². The van der Waals surface area contributed by atoms with E-state index in [9.17, 15) is 4.79 Å². The Hall–Kier alpha value is -1.75. The fourth-order valence-electron chi connectivity index (χ4n) is 1.33. The molecular formula is C10H10ClN3O2. The van der Waals surface area contributed by atoms with Crippen LogP contribution in [-0.2, 0) is 4.74 Å². The van der Waals surface area contributed by atoms with Gasteiger partial charge in [0.1, 0.15) is 5.65 Å². The Morgan fingerprint density at radius 1 is 1.62 bits per heavy atom. The summed E-state index contributed by atoms with van der Waals surface area (Å²) >= 11 is 5.84. The molecule has 2 aromatic heterocycles. The summed E-state index contributed by atoms with van der Waals surface area (Å²) in [6.07, 6.45) is 3.16. The Kier molecular flexibility index (Phi) is 2.70. The van der Waals surface area contributed by atoms with Gasteiger partial charge in [-0.3, -0.25) is 0 Å². The van der Waals surface area contributed by atoms with E-state index in [2.05, 4.69) is 4.98 Å². The van der Waals surface area contributed by atoms with Crippen molar-refractivity contribution in [1.82, 2.24) is 9.38 Å². The van der Waals surface area contributed by atoms with Crippen LogP contribution in [0.1, 0.15) is 17.4 Å². The Balaban J connectivity index is 2.48. The van der Waals surface area contributed by atoms with Crippen LogP contribution < -0.4 is 5.73 Å². The first-order chi connectivity index (χ1) is 7.61. The van der Waals surface area contributed by atoms with Gasteiger partial charge in [-0.2, -0.15) is 0 Å². The summed E-state index contributed by atoms with van der Waals surface area (Å²) in [4.78, 5) is 15.5. The van der Waals surface area contributed by atoms with Crippen molar-refractivity contribution < 1.29 is 9.53 Å². The van der Waals surface area contributed by atoms with Crippen LogP contribution in [0.2, 0.25) is 5.02 Å². The first-order valence-corrected chi connectivity index (χ1v) is 5.10. The summed E-state index contributed by atoms with van der Waals surface area (Å²) in [6, 6.07) is 1.60. The van der Waals surface area contributed by atoms with Crippen LogP contribution in [0.3, 0.4) is 0 Å². The van der Waals surface area contributed by atoms with E-state index in [4.69, 9.17) is 22.1 Å². The van der Waals surface area contributed by atoms with E-state index in [1.807, 2.05) is 0 Å². The Morgan fingerprint density at radius 3 is 3.06 bits per heavy atom. The number of hydrogen-bond acceptors (Lipinski definition) is 4. The van der Waals surface area contributed by atoms with E-state index in [1.54, 1.807) is 29.8 Å². The number of esters is 1. The maximum absolute atomic E-state index is 11.4. The lowest BCUT2D eigenvalue weighted by Crippen LogP contribution is -2.04. The van der Waals surface area contributed by atoms with E-state index in [-0.39, 0.29) is 5.69 Å². The highest BCUT2D eigenvalue weighted by Gasteiger charge is 2.12. The van der Waals surface area contributed by atoms with Crippen LogP contribution in [0.4, 0.5) is 5.69 Å². The Morgan fingerprint density at radius 2 is 2.38 bits per heavy atom. The Labute approximate surface area is 96.8 Å². The molecule has 0 spiro atoms. The molecule has 0 aliphatic carbocycles. The maximum atomic E-state index is 11.4. The van der Waals surface area contributed by atoms with Gasteiger partial charge in [0, 0.05) is 18.5 Å². The molecule has 0 saturated carbocycles. The largest absolute Gasteiger partial charge is 0.461 e. The van der Waals surface area contributed by atoms with Crippen molar-refractivity contribution >= 4 is 28.9 Å². The SMILES string of the molecule is CCOC(=O)c1cn2cc(N)c(Cl)cc2n1. The van der Waals surface area contributed by atoms with Crippen LogP contribution in [0.5, 0.6) is 0 Å². The molecule has 84 valence electrons. The van der Waals surface area contributed by atoms with Gasteiger partial charge < -0.3 is 14.9 Å². The van der Waals surface area contributed by atoms with Gasteiger partial charge in [-0.15, -0.1) is 0 Å². The van der Waals surface area contributed by atoms with Gasteiger partial charge in [0.15, 0.2) is 5.69 Å². The van der Waals surface area contributed by atoms with Crippen LogP contribution in [0.15, 0.2) is 18.5 Å². The fraction of sp³-hybridized carbons (Fsp3) is 0.200. The molecule has 0 unspecified atom stereocenters. The summed E-state index contributed by atoms with van der Waals surface area (Å²) in [5.74, 6) is -0.458. The topological polar surface area (TPSA) is 69.6 Å². The second-order valence-electron chi connectivity index (χ2n) is 3.19. The first-order valence-electron chi connectivity index (χ1n) is 4.72. The molecule has 0 saturated heterocycles. The highest BCUT2D eigenvalue weighted by atomic mass is 35.5. The quantitative estimate of drug-likeness (QED) is 0.811. The van der Waals surface area contributed by atoms with E-state index in [0.29, 0.717) is 23.0 Å². The van der Waals surface area contributed by atoms with Crippen LogP contribution in [-0.4, -0.2) is 22.0 Å². The number of carbonyl (C=O) groups excluding carboxylic acids is 1. The number of carbonyl (C=O) groups is 1. The highest BCUT2D eigenvalue weighted by Crippen LogP contribution is 2.20. The summed E-state index contributed by atoms with van der Waals surface area (Å²) in [5, 5.41) is 0.411. The number of halogens is 1. The van der Waals surface area contributed by atoms with Gasteiger partial charge in [0.2, 0.25) is 0 Å². The van der Waals surface area contributed by atoms with Gasteiger partial charge in [-0.1, -0.05) is 11.6 Å². The average Bonchev–Trinajstić information content (AvgIpc) is 2.62. The molecule has 0 aromatic carbocycles. The number of fused-ring (bicyclic) bond motifs is 1. The number of imidazole rings is 1. The first kappa shape index (κ1) is 10.8. The van der Waals surface area contributed by atoms with E-state index < -0.39 is 5.97 Å². The van der Waals surface area contributed by atoms with Crippen LogP contribution in [0.25, 0.3) is 5.65 Å². The van der Waals surface area contributed by atoms with Crippen molar-refractivity contribution in [2.75, 3.05) is 12.3 Å². The Bertz CT molecular complexity index is 511. The third-order valence-corrected chi connectivity index (χ3v) is 2.38. The second kappa shape index (κ2) is 4.02. The number of nitrogens with zero attached hydrogens (tertiary/aromatic N) is 2. The van der Waals surface area contributed by atoms with Gasteiger partial charge in [-0.05, 0) is 6.92 Å². The van der Waals surface area contributed by atoms with Crippen molar-refractivity contribution in [3.8, 4) is 0 Å². The molecule has 2 aromatic rings. The number of anilines is 1. The molecule has 5 nitrogen and oxygen atoms in total. The van der Waals surface area contributed by atoms with E-state index in [1.165, 1.54) is 0 Å². The molecule has 0 amide bonds. The molecule has 16 heavy (non-hydrogen) atoms. The zero-order valence-corrected chi connectivity index (χ0v) is 9.36. The number of hydrogen-bond donors (Lipinski definition) is 1. The zero-order valence-electron chi connectivity index (χ0n) is 8.61. The van der Waals surface area contributed by atoms with Gasteiger partial charge in [0.05, 0.1) is 17.3 Å². The van der Waals surface area contributed by atoms with E-state index in [0.717, 1.165) is 0 Å². The number of pyridine rings is 1. The molecular weight excluding hydrogens is 230 g/mol. The zero-order chi connectivity index (χ0) is 11.7. The van der Waals surface area contributed by atoms with Crippen molar-refractivity contribution in [1.29, 1.82) is 0 Å². The monoisotopic (exact) mass is 239 g/mol. The minimum Gasteiger partial charge on any atom is -0.461 e. The summed E-state index contributed by atoms with van der Waals surface area (Å²) < 4.78 is 6.47. The molecule has 0 radical (unpaired) electrons. The molecule has 6 heteroatoms. The van der Waals surface area contributed by atoms with Crippen molar-refractivity contribution in [2.45, 2.75) is 6.92 Å². The van der Waals surface area contributed by atoms with Crippen molar-refractivity contribution in [3.05, 3.63) is 29.2 Å². The predicted octanol–water partition coefficient (Wildman–Crippen LogP) is 1.75. The smallest absolute Gasteiger partial charge is 0.358 e. The standard InChI is InChI=1S/C10H10ClN3O2/c1-2-16-10(15)8-5-14-4-7(12)6(11)3-9(14)13-8/h3-5H,2,12H2,1H3. The van der Waals surface area contributed by atoms with Crippen LogP contribution in [0, 0.1) is 0 Å². The lowest BCUT2D eigenvalue weighted by molar-refractivity contribution is 0.0520. The highest BCUT2D eigenvalue weighted by molar-refractivity contribution is 6.33. The van der Waals surface area contributed by atoms with E-state index >= 15 is 0 Å². The summed E-state index contributed by atoms with van der Waals surface area (Å²) in [6.45, 7) is 2.05. The number of aromatic nitrogens is 2. The molecule has 2 heterocycles. The summed E-state index contributed by atoms with van der Waals surface area (Å²) in [5.41, 5.74) is 6.86. The molecule has 0 bridgehead atoms. The third-order valence-electron chi connectivity index (χ3n) is 2.06. The van der Waals surface area contributed by atoms with Gasteiger partial charge in [0.25, 0.3) is 0 Å². The predicted molar refractivity (Wildman–Crippen MR) is 60.6 cm³/mol. The fourth-order valence-corrected chi connectivity index (χ4v) is 1.48. The van der Waals surface area contributed by atoms with Crippen molar-refractivity contribution in [2.24, 2.45) is 0 Å². The number of rotatable bonds is 2. The second-order valence-corrected chi connectivity index (χ2v) is 3.60. The minimum atomic E-state index is -0.458. The lowest BCUT2D eigenvalue weighted by atomic mass is 10.4.